The van der Waals surface area contributed by atoms with E-state index < -0.39 is 10.0 Å². The molecule has 21 heavy (non-hydrogen) atoms. The van der Waals surface area contributed by atoms with E-state index in [1.807, 2.05) is 0 Å². The predicted molar refractivity (Wildman–Crippen MR) is 84.4 cm³/mol. The van der Waals surface area contributed by atoms with E-state index in [-0.39, 0.29) is 21.0 Å². The Labute approximate surface area is 135 Å². The molecule has 0 amide bonds. The molecule has 0 aromatic heterocycles. The van der Waals surface area contributed by atoms with E-state index in [9.17, 15) is 8.42 Å². The molecule has 118 valence electrons. The Morgan fingerprint density at radius 2 is 1.67 bits per heavy atom. The Bertz CT molecular complexity index is 623. The summed E-state index contributed by atoms with van der Waals surface area (Å²) >= 11 is 12.1. The van der Waals surface area contributed by atoms with Crippen molar-refractivity contribution in [3.63, 3.8) is 0 Å². The van der Waals surface area contributed by atoms with Crippen molar-refractivity contribution in [2.75, 3.05) is 0 Å². The van der Waals surface area contributed by atoms with Gasteiger partial charge in [-0.15, -0.1) is 0 Å². The van der Waals surface area contributed by atoms with Crippen molar-refractivity contribution < 1.29 is 13.2 Å². The summed E-state index contributed by atoms with van der Waals surface area (Å²) in [5, 5.41) is 5.31. The van der Waals surface area contributed by atoms with Crippen LogP contribution in [-0.2, 0) is 10.0 Å². The van der Waals surface area contributed by atoms with E-state index in [1.54, 1.807) is 0 Å². The van der Waals surface area contributed by atoms with Gasteiger partial charge in [-0.25, -0.2) is 13.6 Å². The third-order valence-electron chi connectivity index (χ3n) is 3.72. The molecule has 2 rings (SSSR count). The van der Waals surface area contributed by atoms with Crippen molar-refractivity contribution in [1.82, 2.24) is 0 Å². The average Bonchev–Trinajstić information content (AvgIpc) is 2.30. The molecule has 0 bridgehead atoms. The average molecular weight is 352 g/mol. The SMILES string of the molecule is CC1CC(C)CC(Oc2cc(Cl)c(S(N)(=O)=O)cc2Cl)C1. The standard InChI is InChI=1S/C14H19Cl2NO3S/c1-8-3-9(2)5-10(4-8)20-13-6-12(16)14(7-11(13)15)21(17,18)19/h6-10H,3-5H2,1-2H3,(H2,17,18,19). The van der Waals surface area contributed by atoms with Crippen LogP contribution in [0.2, 0.25) is 10.0 Å². The maximum absolute atomic E-state index is 11.4. The van der Waals surface area contributed by atoms with Crippen molar-refractivity contribution in [2.24, 2.45) is 17.0 Å². The number of primary sulfonamides is 1. The lowest BCUT2D eigenvalue weighted by Gasteiger charge is -2.32. The fourth-order valence-electron chi connectivity index (χ4n) is 2.97. The summed E-state index contributed by atoms with van der Waals surface area (Å²) in [6.07, 6.45) is 3.17. The van der Waals surface area contributed by atoms with Crippen LogP contribution in [0.25, 0.3) is 0 Å². The van der Waals surface area contributed by atoms with Crippen LogP contribution in [0.1, 0.15) is 33.1 Å². The molecular formula is C14H19Cl2NO3S. The minimum absolute atomic E-state index is 0.0220. The lowest BCUT2D eigenvalue weighted by Crippen LogP contribution is -2.28. The van der Waals surface area contributed by atoms with Crippen molar-refractivity contribution in [3.8, 4) is 5.75 Å². The summed E-state index contributed by atoms with van der Waals surface area (Å²) in [6, 6.07) is 2.66. The molecule has 0 heterocycles. The molecule has 2 N–H and O–H groups in total. The van der Waals surface area contributed by atoms with Crippen LogP contribution >= 0.6 is 23.2 Å². The summed E-state index contributed by atoms with van der Waals surface area (Å²) in [5.41, 5.74) is 0. The number of hydrogen-bond donors (Lipinski definition) is 1. The zero-order chi connectivity index (χ0) is 15.8. The lowest BCUT2D eigenvalue weighted by atomic mass is 9.82. The van der Waals surface area contributed by atoms with Crippen molar-refractivity contribution in [1.29, 1.82) is 0 Å². The number of rotatable bonds is 3. The summed E-state index contributed by atoms with van der Waals surface area (Å²) in [6.45, 7) is 4.40. The lowest BCUT2D eigenvalue weighted by molar-refractivity contribution is 0.101. The molecule has 4 nitrogen and oxygen atoms in total. The monoisotopic (exact) mass is 351 g/mol. The fourth-order valence-corrected chi connectivity index (χ4v) is 4.33. The highest BCUT2D eigenvalue weighted by molar-refractivity contribution is 7.89. The van der Waals surface area contributed by atoms with Gasteiger partial charge in [0.05, 0.1) is 16.1 Å². The molecule has 1 fully saturated rings. The molecule has 1 aliphatic rings. The second-order valence-electron chi connectivity index (χ2n) is 5.92. The Morgan fingerprint density at radius 1 is 1.10 bits per heavy atom. The van der Waals surface area contributed by atoms with Gasteiger partial charge in [-0.05, 0) is 37.2 Å². The molecule has 0 saturated heterocycles. The van der Waals surface area contributed by atoms with Gasteiger partial charge in [0.25, 0.3) is 0 Å². The van der Waals surface area contributed by atoms with Crippen LogP contribution in [0.3, 0.4) is 0 Å². The predicted octanol–water partition coefficient (Wildman–Crippen LogP) is 3.84. The first-order chi connectivity index (χ1) is 9.66. The minimum atomic E-state index is -3.90. The highest BCUT2D eigenvalue weighted by atomic mass is 35.5. The first kappa shape index (κ1) is 16.9. The molecule has 0 aliphatic heterocycles. The third kappa shape index (κ3) is 4.25. The van der Waals surface area contributed by atoms with Crippen LogP contribution in [-0.4, -0.2) is 14.5 Å². The van der Waals surface area contributed by atoms with Crippen molar-refractivity contribution >= 4 is 33.2 Å². The van der Waals surface area contributed by atoms with Gasteiger partial charge in [0.15, 0.2) is 0 Å². The second-order valence-corrected chi connectivity index (χ2v) is 8.26. The Balaban J connectivity index is 2.23. The van der Waals surface area contributed by atoms with Gasteiger partial charge in [-0.3, -0.25) is 0 Å². The molecular weight excluding hydrogens is 333 g/mol. The number of halogens is 2. The second kappa shape index (κ2) is 6.32. The molecule has 1 aromatic carbocycles. The van der Waals surface area contributed by atoms with Crippen LogP contribution in [0.4, 0.5) is 0 Å². The minimum Gasteiger partial charge on any atom is -0.489 e. The Kier molecular flexibility index (Phi) is 5.08. The molecule has 2 atom stereocenters. The molecule has 1 saturated carbocycles. The summed E-state index contributed by atoms with van der Waals surface area (Å²) < 4.78 is 28.7. The molecule has 2 unspecified atom stereocenters. The molecule has 0 radical (unpaired) electrons. The van der Waals surface area contributed by atoms with E-state index in [0.717, 1.165) is 12.8 Å². The fraction of sp³-hybridized carbons (Fsp3) is 0.571. The summed E-state index contributed by atoms with van der Waals surface area (Å²) in [5.74, 6) is 1.59. The zero-order valence-electron chi connectivity index (χ0n) is 12.0. The van der Waals surface area contributed by atoms with Crippen LogP contribution in [0.15, 0.2) is 17.0 Å². The van der Waals surface area contributed by atoms with E-state index in [2.05, 4.69) is 13.8 Å². The van der Waals surface area contributed by atoms with E-state index in [1.165, 1.54) is 18.6 Å². The van der Waals surface area contributed by atoms with Gasteiger partial charge in [-0.2, -0.15) is 0 Å². The third-order valence-corrected chi connectivity index (χ3v) is 5.39. The zero-order valence-corrected chi connectivity index (χ0v) is 14.3. The van der Waals surface area contributed by atoms with E-state index in [0.29, 0.717) is 17.6 Å². The van der Waals surface area contributed by atoms with E-state index in [4.69, 9.17) is 33.1 Å². The molecule has 1 aliphatic carbocycles. The topological polar surface area (TPSA) is 69.4 Å². The van der Waals surface area contributed by atoms with Gasteiger partial charge in [0.1, 0.15) is 10.6 Å². The summed E-state index contributed by atoms with van der Waals surface area (Å²) in [7, 11) is -3.90. The van der Waals surface area contributed by atoms with Crippen LogP contribution in [0, 0.1) is 11.8 Å². The number of ether oxygens (including phenoxy) is 1. The Hall–Kier alpha value is -0.490. The van der Waals surface area contributed by atoms with E-state index >= 15 is 0 Å². The first-order valence-electron chi connectivity index (χ1n) is 6.85. The highest BCUT2D eigenvalue weighted by Gasteiger charge is 2.26. The first-order valence-corrected chi connectivity index (χ1v) is 9.15. The highest BCUT2D eigenvalue weighted by Crippen LogP contribution is 2.37. The van der Waals surface area contributed by atoms with Crippen molar-refractivity contribution in [2.45, 2.75) is 44.1 Å². The molecule has 1 aromatic rings. The Morgan fingerprint density at radius 3 is 2.19 bits per heavy atom. The van der Waals surface area contributed by atoms with Gasteiger partial charge in [0.2, 0.25) is 10.0 Å². The quantitative estimate of drug-likeness (QED) is 0.898. The number of hydrogen-bond acceptors (Lipinski definition) is 3. The van der Waals surface area contributed by atoms with Crippen LogP contribution < -0.4 is 9.88 Å². The maximum Gasteiger partial charge on any atom is 0.239 e. The van der Waals surface area contributed by atoms with Gasteiger partial charge < -0.3 is 4.74 Å². The molecule has 0 spiro atoms. The normalized spacial score (nSPS) is 26.6. The van der Waals surface area contributed by atoms with Gasteiger partial charge in [-0.1, -0.05) is 37.0 Å². The largest absolute Gasteiger partial charge is 0.489 e. The number of nitrogens with two attached hydrogens (primary N) is 1. The number of benzene rings is 1. The summed E-state index contributed by atoms with van der Waals surface area (Å²) in [4.78, 5) is -0.188. The maximum atomic E-state index is 11.4. The van der Waals surface area contributed by atoms with Gasteiger partial charge >= 0.3 is 0 Å². The number of sulfonamides is 1. The van der Waals surface area contributed by atoms with Crippen molar-refractivity contribution in [3.05, 3.63) is 22.2 Å². The van der Waals surface area contributed by atoms with Crippen LogP contribution in [0.5, 0.6) is 5.75 Å². The molecule has 7 heteroatoms. The smallest absolute Gasteiger partial charge is 0.239 e. The van der Waals surface area contributed by atoms with Gasteiger partial charge in [0, 0.05) is 6.07 Å².